The summed E-state index contributed by atoms with van der Waals surface area (Å²) in [4.78, 5) is 2.83. The van der Waals surface area contributed by atoms with E-state index in [1.54, 1.807) is 28.6 Å². The first-order valence-electron chi connectivity index (χ1n) is 10.5. The molecule has 0 atom stereocenters. The van der Waals surface area contributed by atoms with Crippen LogP contribution in [0.2, 0.25) is 0 Å². The van der Waals surface area contributed by atoms with Gasteiger partial charge >= 0.3 is 0 Å². The minimum absolute atomic E-state index is 0.117. The zero-order valence-electron chi connectivity index (χ0n) is 16.9. The van der Waals surface area contributed by atoms with Crippen LogP contribution in [-0.2, 0) is 16.6 Å². The van der Waals surface area contributed by atoms with Gasteiger partial charge in [0.25, 0.3) is 0 Å². The number of hydrogen-bond donors (Lipinski definition) is 0. The van der Waals surface area contributed by atoms with E-state index < -0.39 is 10.0 Å². The van der Waals surface area contributed by atoms with Crippen LogP contribution in [0.3, 0.4) is 0 Å². The number of hydrogen-bond acceptors (Lipinski definition) is 3. The van der Waals surface area contributed by atoms with Gasteiger partial charge < -0.3 is 0 Å². The molecule has 2 heterocycles. The van der Waals surface area contributed by atoms with E-state index >= 15 is 0 Å². The molecule has 0 radical (unpaired) electrons. The molecule has 2 fully saturated rings. The first-order valence-corrected chi connectivity index (χ1v) is 11.9. The standard InChI is InChI=1S/C25H26N2O2S/c28-30(29,24-9-5-2-6-10-24)27-16-15-25(20-27)18-26(19-25)17-21-11-13-23(14-12-21)22-7-3-1-4-8-22/h1-14H,15-20H2. The van der Waals surface area contributed by atoms with Crippen molar-refractivity contribution in [3.8, 4) is 11.1 Å². The van der Waals surface area contributed by atoms with Crippen LogP contribution in [0.25, 0.3) is 11.1 Å². The molecule has 0 N–H and O–H groups in total. The molecule has 2 aliphatic rings. The molecule has 154 valence electrons. The summed E-state index contributed by atoms with van der Waals surface area (Å²) in [5, 5.41) is 0. The molecular weight excluding hydrogens is 392 g/mol. The Labute approximate surface area is 178 Å². The van der Waals surface area contributed by atoms with Crippen molar-refractivity contribution in [2.75, 3.05) is 26.2 Å². The molecule has 1 spiro atoms. The summed E-state index contributed by atoms with van der Waals surface area (Å²) in [6.45, 7) is 4.11. The van der Waals surface area contributed by atoms with E-state index in [1.807, 2.05) is 12.1 Å². The van der Waals surface area contributed by atoms with Gasteiger partial charge in [-0.3, -0.25) is 4.90 Å². The molecule has 0 aromatic heterocycles. The lowest BCUT2D eigenvalue weighted by Crippen LogP contribution is -2.57. The first kappa shape index (κ1) is 19.5. The molecule has 5 rings (SSSR count). The minimum atomic E-state index is -3.38. The Bertz CT molecular complexity index is 1110. The van der Waals surface area contributed by atoms with Crippen molar-refractivity contribution in [3.05, 3.63) is 90.5 Å². The van der Waals surface area contributed by atoms with Crippen LogP contribution in [0.15, 0.2) is 89.8 Å². The Morgan fingerprint density at radius 2 is 1.33 bits per heavy atom. The molecule has 0 unspecified atom stereocenters. The van der Waals surface area contributed by atoms with E-state index in [9.17, 15) is 8.42 Å². The average Bonchev–Trinajstić information content (AvgIpc) is 3.22. The fourth-order valence-electron chi connectivity index (χ4n) is 4.80. The summed E-state index contributed by atoms with van der Waals surface area (Å²) in [5.41, 5.74) is 3.89. The third-order valence-corrected chi connectivity index (χ3v) is 8.23. The molecule has 4 nitrogen and oxygen atoms in total. The van der Waals surface area contributed by atoms with Gasteiger partial charge in [0.2, 0.25) is 10.0 Å². The number of rotatable bonds is 5. The van der Waals surface area contributed by atoms with Crippen LogP contribution < -0.4 is 0 Å². The van der Waals surface area contributed by atoms with Gasteiger partial charge in [-0.1, -0.05) is 72.8 Å². The normalized spacial score (nSPS) is 19.1. The second-order valence-corrected chi connectivity index (χ2v) is 10.5. The van der Waals surface area contributed by atoms with Crippen LogP contribution in [0, 0.1) is 5.41 Å². The monoisotopic (exact) mass is 418 g/mol. The van der Waals surface area contributed by atoms with E-state index in [4.69, 9.17) is 0 Å². The highest BCUT2D eigenvalue weighted by Crippen LogP contribution is 2.42. The lowest BCUT2D eigenvalue weighted by molar-refractivity contribution is 0.00652. The lowest BCUT2D eigenvalue weighted by Gasteiger charge is -2.48. The van der Waals surface area contributed by atoms with Crippen molar-refractivity contribution in [1.82, 2.24) is 9.21 Å². The Morgan fingerprint density at radius 1 is 0.733 bits per heavy atom. The molecule has 3 aromatic carbocycles. The maximum absolute atomic E-state index is 12.9. The van der Waals surface area contributed by atoms with E-state index in [-0.39, 0.29) is 5.41 Å². The second kappa shape index (κ2) is 7.65. The van der Waals surface area contributed by atoms with Gasteiger partial charge in [-0.25, -0.2) is 8.42 Å². The summed E-state index contributed by atoms with van der Waals surface area (Å²) in [6, 6.07) is 28.0. The van der Waals surface area contributed by atoms with Gasteiger partial charge in [-0.15, -0.1) is 0 Å². The number of benzene rings is 3. The number of sulfonamides is 1. The van der Waals surface area contributed by atoms with Crippen molar-refractivity contribution >= 4 is 10.0 Å². The molecular formula is C25H26N2O2S. The molecule has 5 heteroatoms. The Kier molecular flexibility index (Phi) is 4.97. The third-order valence-electron chi connectivity index (χ3n) is 6.37. The van der Waals surface area contributed by atoms with Crippen LogP contribution in [-0.4, -0.2) is 43.8 Å². The zero-order valence-corrected chi connectivity index (χ0v) is 17.8. The first-order chi connectivity index (χ1) is 14.5. The SMILES string of the molecule is O=S(=O)(c1ccccc1)N1CCC2(CN(Cc3ccc(-c4ccccc4)cc3)C2)C1. The topological polar surface area (TPSA) is 40.6 Å². The van der Waals surface area contributed by atoms with Crippen molar-refractivity contribution in [1.29, 1.82) is 0 Å². The summed E-state index contributed by atoms with van der Waals surface area (Å²) < 4.78 is 27.5. The van der Waals surface area contributed by atoms with E-state index in [0.29, 0.717) is 18.0 Å². The smallest absolute Gasteiger partial charge is 0.243 e. The van der Waals surface area contributed by atoms with E-state index in [0.717, 1.165) is 26.1 Å². The highest BCUT2D eigenvalue weighted by Gasteiger charge is 2.50. The fraction of sp³-hybridized carbons (Fsp3) is 0.280. The van der Waals surface area contributed by atoms with Gasteiger partial charge in [0, 0.05) is 38.1 Å². The molecule has 0 amide bonds. The highest BCUT2D eigenvalue weighted by molar-refractivity contribution is 7.89. The molecule has 30 heavy (non-hydrogen) atoms. The Hall–Kier alpha value is -2.47. The lowest BCUT2D eigenvalue weighted by atomic mass is 9.79. The molecule has 3 aromatic rings. The van der Waals surface area contributed by atoms with Gasteiger partial charge in [-0.2, -0.15) is 4.31 Å². The maximum Gasteiger partial charge on any atom is 0.243 e. The Morgan fingerprint density at radius 3 is 2.00 bits per heavy atom. The largest absolute Gasteiger partial charge is 0.298 e. The van der Waals surface area contributed by atoms with Crippen molar-refractivity contribution < 1.29 is 8.42 Å². The zero-order chi connectivity index (χ0) is 20.6. The summed E-state index contributed by atoms with van der Waals surface area (Å²) in [5.74, 6) is 0. The fourth-order valence-corrected chi connectivity index (χ4v) is 6.38. The molecule has 2 saturated heterocycles. The van der Waals surface area contributed by atoms with Crippen molar-refractivity contribution in [3.63, 3.8) is 0 Å². The van der Waals surface area contributed by atoms with E-state index in [2.05, 4.69) is 53.4 Å². The second-order valence-electron chi connectivity index (χ2n) is 8.61. The summed E-state index contributed by atoms with van der Waals surface area (Å²) in [6.07, 6.45) is 0.947. The highest BCUT2D eigenvalue weighted by atomic mass is 32.2. The van der Waals surface area contributed by atoms with Crippen molar-refractivity contribution in [2.24, 2.45) is 5.41 Å². The number of nitrogens with zero attached hydrogens (tertiary/aromatic N) is 2. The van der Waals surface area contributed by atoms with Gasteiger partial charge in [0.1, 0.15) is 0 Å². The Balaban J connectivity index is 1.19. The third kappa shape index (κ3) is 3.69. The average molecular weight is 419 g/mol. The van der Waals surface area contributed by atoms with E-state index in [1.165, 1.54) is 16.7 Å². The predicted octanol–water partition coefficient (Wildman–Crippen LogP) is 4.25. The minimum Gasteiger partial charge on any atom is -0.298 e. The van der Waals surface area contributed by atoms with Crippen LogP contribution in [0.4, 0.5) is 0 Å². The molecule has 0 bridgehead atoms. The molecule has 0 aliphatic carbocycles. The molecule has 0 saturated carbocycles. The quantitative estimate of drug-likeness (QED) is 0.622. The van der Waals surface area contributed by atoms with Crippen molar-refractivity contribution in [2.45, 2.75) is 17.9 Å². The van der Waals surface area contributed by atoms with Crippen LogP contribution in [0.5, 0.6) is 0 Å². The van der Waals surface area contributed by atoms with Gasteiger partial charge in [0.05, 0.1) is 4.90 Å². The summed E-state index contributed by atoms with van der Waals surface area (Å²) >= 11 is 0. The van der Waals surface area contributed by atoms with Crippen LogP contribution in [0.1, 0.15) is 12.0 Å². The van der Waals surface area contributed by atoms with Crippen LogP contribution >= 0.6 is 0 Å². The van der Waals surface area contributed by atoms with Gasteiger partial charge in [0.15, 0.2) is 0 Å². The van der Waals surface area contributed by atoms with Gasteiger partial charge in [-0.05, 0) is 35.2 Å². The summed E-state index contributed by atoms with van der Waals surface area (Å²) in [7, 11) is -3.38. The number of likely N-dealkylation sites (tertiary alicyclic amines) is 1. The maximum atomic E-state index is 12.9. The predicted molar refractivity (Wildman–Crippen MR) is 119 cm³/mol. The molecule has 2 aliphatic heterocycles.